The number of hydrogen-bond donors (Lipinski definition) is 0. The van der Waals surface area contributed by atoms with Gasteiger partial charge in [-0.05, 0) is 26.2 Å². The Morgan fingerprint density at radius 3 is 2.83 bits per heavy atom. The predicted molar refractivity (Wildman–Crippen MR) is 72.5 cm³/mol. The molecule has 0 amide bonds. The van der Waals surface area contributed by atoms with Crippen molar-refractivity contribution in [3.63, 3.8) is 0 Å². The number of thiazole rings is 1. The first-order valence-electron chi connectivity index (χ1n) is 6.23. The fourth-order valence-corrected chi connectivity index (χ4v) is 2.81. The minimum absolute atomic E-state index is 0.254. The van der Waals surface area contributed by atoms with Crippen LogP contribution in [-0.2, 0) is 4.74 Å². The Bertz CT molecular complexity index is 571. The molecule has 0 bridgehead atoms. The molecule has 0 aliphatic rings. The number of aryl methyl sites for hydroxylation is 1. The highest BCUT2D eigenvalue weighted by Gasteiger charge is 2.19. The maximum Gasteiger partial charge on any atom is 0.350 e. The van der Waals surface area contributed by atoms with E-state index in [4.69, 9.17) is 4.74 Å². The van der Waals surface area contributed by atoms with Crippen molar-refractivity contribution >= 4 is 22.3 Å². The van der Waals surface area contributed by atoms with Crippen LogP contribution in [0, 0.1) is 6.92 Å². The maximum absolute atomic E-state index is 11.8. The number of carbonyl (C=O) groups excluding carboxylic acids is 1. The number of hydrogen-bond acceptors (Lipinski definition) is 4. The summed E-state index contributed by atoms with van der Waals surface area (Å²) in [5, 5.41) is 0. The molecule has 0 radical (unpaired) electrons. The predicted octanol–water partition coefficient (Wildman–Crippen LogP) is 3.39. The first kappa shape index (κ1) is 13.1. The van der Waals surface area contributed by atoms with Gasteiger partial charge in [-0.25, -0.2) is 9.78 Å². The van der Waals surface area contributed by atoms with Crippen molar-refractivity contribution in [3.05, 3.63) is 22.5 Å². The summed E-state index contributed by atoms with van der Waals surface area (Å²) in [5.74, 6) is 0.193. The second-order valence-electron chi connectivity index (χ2n) is 4.36. The van der Waals surface area contributed by atoms with Gasteiger partial charge in [-0.2, -0.15) is 0 Å². The highest BCUT2D eigenvalue weighted by Crippen LogP contribution is 2.26. The van der Waals surface area contributed by atoms with Crippen LogP contribution in [-0.4, -0.2) is 22.0 Å². The van der Waals surface area contributed by atoms with E-state index in [1.165, 1.54) is 11.3 Å². The molecule has 0 fully saturated rings. The summed E-state index contributed by atoms with van der Waals surface area (Å²) in [4.78, 5) is 17.9. The first-order chi connectivity index (χ1) is 8.58. The van der Waals surface area contributed by atoms with Gasteiger partial charge in [-0.15, -0.1) is 0 Å². The lowest BCUT2D eigenvalue weighted by Crippen LogP contribution is -2.04. The third-order valence-electron chi connectivity index (χ3n) is 3.15. The van der Waals surface area contributed by atoms with Gasteiger partial charge in [0.25, 0.3) is 0 Å². The van der Waals surface area contributed by atoms with Crippen LogP contribution in [0.25, 0.3) is 4.96 Å². The molecule has 98 valence electrons. The second-order valence-corrected chi connectivity index (χ2v) is 5.34. The maximum atomic E-state index is 11.8. The van der Waals surface area contributed by atoms with Crippen molar-refractivity contribution in [2.75, 3.05) is 6.61 Å². The third kappa shape index (κ3) is 2.14. The topological polar surface area (TPSA) is 43.6 Å². The Labute approximate surface area is 111 Å². The van der Waals surface area contributed by atoms with Crippen LogP contribution >= 0.6 is 11.3 Å². The fraction of sp³-hybridized carbons (Fsp3) is 0.538. The SMILES string of the molecule is CCOC(=O)c1sc2nc(C(C)CC)cn2c1C. The molecule has 18 heavy (non-hydrogen) atoms. The van der Waals surface area contributed by atoms with Crippen LogP contribution in [0.1, 0.15) is 54.2 Å². The molecule has 0 aliphatic carbocycles. The minimum Gasteiger partial charge on any atom is -0.462 e. The number of carbonyl (C=O) groups is 1. The number of aromatic nitrogens is 2. The molecule has 1 unspecified atom stereocenters. The van der Waals surface area contributed by atoms with Crippen LogP contribution in [0.15, 0.2) is 6.20 Å². The lowest BCUT2D eigenvalue weighted by molar-refractivity contribution is 0.0531. The molecule has 2 heterocycles. The molecule has 0 saturated carbocycles. The van der Waals surface area contributed by atoms with Crippen LogP contribution in [0.4, 0.5) is 0 Å². The Morgan fingerprint density at radius 2 is 2.28 bits per heavy atom. The number of nitrogens with zero attached hydrogens (tertiary/aromatic N) is 2. The van der Waals surface area contributed by atoms with Crippen LogP contribution < -0.4 is 0 Å². The molecule has 0 aromatic carbocycles. The van der Waals surface area contributed by atoms with Crippen molar-refractivity contribution in [1.82, 2.24) is 9.38 Å². The highest BCUT2D eigenvalue weighted by molar-refractivity contribution is 7.19. The molecular formula is C13H18N2O2S. The van der Waals surface area contributed by atoms with Crippen molar-refractivity contribution in [2.45, 2.75) is 40.0 Å². The van der Waals surface area contributed by atoms with E-state index >= 15 is 0 Å². The molecule has 0 saturated heterocycles. The van der Waals surface area contributed by atoms with Crippen molar-refractivity contribution in [2.24, 2.45) is 0 Å². The van der Waals surface area contributed by atoms with E-state index < -0.39 is 0 Å². The zero-order valence-corrected chi connectivity index (χ0v) is 12.0. The zero-order valence-electron chi connectivity index (χ0n) is 11.2. The molecule has 1 atom stereocenters. The molecule has 0 spiro atoms. The average molecular weight is 266 g/mol. The van der Waals surface area contributed by atoms with Gasteiger partial charge in [0.15, 0.2) is 4.96 Å². The van der Waals surface area contributed by atoms with E-state index in [0.29, 0.717) is 17.4 Å². The summed E-state index contributed by atoms with van der Waals surface area (Å²) >= 11 is 1.40. The third-order valence-corrected chi connectivity index (χ3v) is 4.29. The van der Waals surface area contributed by atoms with Crippen molar-refractivity contribution in [1.29, 1.82) is 0 Å². The summed E-state index contributed by atoms with van der Waals surface area (Å²) in [6.07, 6.45) is 3.09. The Morgan fingerprint density at radius 1 is 1.56 bits per heavy atom. The molecule has 2 rings (SSSR count). The van der Waals surface area contributed by atoms with Gasteiger partial charge in [0, 0.05) is 11.9 Å². The number of esters is 1. The van der Waals surface area contributed by atoms with Crippen molar-refractivity contribution in [3.8, 4) is 0 Å². The van der Waals surface area contributed by atoms with Gasteiger partial charge < -0.3 is 4.74 Å². The average Bonchev–Trinajstić information content (AvgIpc) is 2.89. The largest absolute Gasteiger partial charge is 0.462 e. The highest BCUT2D eigenvalue weighted by atomic mass is 32.1. The van der Waals surface area contributed by atoms with Gasteiger partial charge in [0.2, 0.25) is 0 Å². The number of ether oxygens (including phenoxy) is 1. The Kier molecular flexibility index (Phi) is 3.71. The molecule has 0 aliphatic heterocycles. The van der Waals surface area contributed by atoms with Gasteiger partial charge in [0.05, 0.1) is 12.3 Å². The Hall–Kier alpha value is -1.36. The summed E-state index contributed by atoms with van der Waals surface area (Å²) in [6, 6.07) is 0. The normalized spacial score (nSPS) is 12.9. The summed E-state index contributed by atoms with van der Waals surface area (Å²) < 4.78 is 7.02. The molecular weight excluding hydrogens is 248 g/mol. The Balaban J connectivity index is 2.41. The summed E-state index contributed by atoms with van der Waals surface area (Å²) in [7, 11) is 0. The zero-order chi connectivity index (χ0) is 13.3. The quantitative estimate of drug-likeness (QED) is 0.797. The lowest BCUT2D eigenvalue weighted by Gasteiger charge is -2.02. The van der Waals surface area contributed by atoms with Gasteiger partial charge >= 0.3 is 5.97 Å². The van der Waals surface area contributed by atoms with Crippen LogP contribution in [0.3, 0.4) is 0 Å². The van der Waals surface area contributed by atoms with E-state index in [1.807, 2.05) is 24.4 Å². The standard InChI is InChI=1S/C13H18N2O2S/c1-5-8(3)10-7-15-9(4)11(12(16)17-6-2)18-13(15)14-10/h7-8H,5-6H2,1-4H3. The lowest BCUT2D eigenvalue weighted by atomic mass is 10.1. The van der Waals surface area contributed by atoms with E-state index in [2.05, 4.69) is 18.8 Å². The smallest absolute Gasteiger partial charge is 0.350 e. The molecule has 4 nitrogen and oxygen atoms in total. The van der Waals surface area contributed by atoms with Crippen LogP contribution in [0.2, 0.25) is 0 Å². The van der Waals surface area contributed by atoms with Crippen LogP contribution in [0.5, 0.6) is 0 Å². The monoisotopic (exact) mass is 266 g/mol. The molecule has 2 aromatic heterocycles. The fourth-order valence-electron chi connectivity index (χ4n) is 1.80. The first-order valence-corrected chi connectivity index (χ1v) is 7.05. The molecule has 0 N–H and O–H groups in total. The minimum atomic E-state index is -0.254. The van der Waals surface area contributed by atoms with Gasteiger partial charge in [0.1, 0.15) is 4.88 Å². The number of fused-ring (bicyclic) bond motifs is 1. The van der Waals surface area contributed by atoms with Gasteiger partial charge in [-0.1, -0.05) is 25.2 Å². The van der Waals surface area contributed by atoms with E-state index in [1.54, 1.807) is 0 Å². The number of rotatable bonds is 4. The van der Waals surface area contributed by atoms with E-state index in [9.17, 15) is 4.79 Å². The number of imidazole rings is 1. The summed E-state index contributed by atoms with van der Waals surface area (Å²) in [6.45, 7) is 8.45. The summed E-state index contributed by atoms with van der Waals surface area (Å²) in [5.41, 5.74) is 2.00. The second kappa shape index (κ2) is 5.10. The van der Waals surface area contributed by atoms with Crippen molar-refractivity contribution < 1.29 is 9.53 Å². The van der Waals surface area contributed by atoms with Gasteiger partial charge in [-0.3, -0.25) is 4.40 Å². The molecule has 2 aromatic rings. The molecule has 5 heteroatoms. The van der Waals surface area contributed by atoms with E-state index in [-0.39, 0.29) is 5.97 Å². The van der Waals surface area contributed by atoms with E-state index in [0.717, 1.165) is 22.8 Å².